The van der Waals surface area contributed by atoms with Crippen molar-refractivity contribution >= 4 is 27.5 Å². The van der Waals surface area contributed by atoms with E-state index in [-0.39, 0.29) is 17.4 Å². The van der Waals surface area contributed by atoms with E-state index >= 15 is 0 Å². The number of H-pyrrole nitrogens is 1. The third-order valence-corrected chi connectivity index (χ3v) is 3.79. The summed E-state index contributed by atoms with van der Waals surface area (Å²) in [5, 5.41) is 2.82. The highest BCUT2D eigenvalue weighted by atomic mass is 79.9. The monoisotopic (exact) mass is 348 g/mol. The van der Waals surface area contributed by atoms with Gasteiger partial charge in [-0.25, -0.2) is 0 Å². The number of carbonyl (C=O) groups is 1. The van der Waals surface area contributed by atoms with E-state index in [0.29, 0.717) is 17.7 Å². The first kappa shape index (κ1) is 15.5. The molecule has 1 atom stereocenters. The molecule has 0 aliphatic heterocycles. The van der Waals surface area contributed by atoms with Crippen LogP contribution in [-0.2, 0) is 11.2 Å². The first-order chi connectivity index (χ1) is 9.95. The number of hydrogen-bond donors (Lipinski definition) is 2. The van der Waals surface area contributed by atoms with Crippen molar-refractivity contribution in [2.24, 2.45) is 5.92 Å². The quantitative estimate of drug-likeness (QED) is 0.890. The second kappa shape index (κ2) is 6.72. The van der Waals surface area contributed by atoms with E-state index in [1.165, 1.54) is 6.20 Å². The Labute approximate surface area is 131 Å². The number of amides is 1. The summed E-state index contributed by atoms with van der Waals surface area (Å²) in [5.74, 6) is -0.220. The van der Waals surface area contributed by atoms with Gasteiger partial charge in [0.1, 0.15) is 0 Å². The zero-order chi connectivity index (χ0) is 15.4. The fourth-order valence-corrected chi connectivity index (χ4v) is 2.27. The molecule has 2 rings (SSSR count). The summed E-state index contributed by atoms with van der Waals surface area (Å²) in [6, 6.07) is 9.59. The van der Waals surface area contributed by atoms with Crippen LogP contribution in [0.25, 0.3) is 0 Å². The van der Waals surface area contributed by atoms with Crippen molar-refractivity contribution in [3.63, 3.8) is 0 Å². The van der Waals surface area contributed by atoms with Crippen molar-refractivity contribution < 1.29 is 4.79 Å². The highest BCUT2D eigenvalue weighted by Gasteiger charge is 2.14. The minimum Gasteiger partial charge on any atom is -0.327 e. The second-order valence-corrected chi connectivity index (χ2v) is 6.04. The number of aromatic amines is 1. The Balaban J connectivity index is 2.00. The zero-order valence-electron chi connectivity index (χ0n) is 11.9. The molecule has 21 heavy (non-hydrogen) atoms. The number of rotatable bonds is 4. The molecule has 5 heteroatoms. The standard InChI is InChI=1S/C16H17BrN2O2/c1-10(7-12-3-5-13(17)6-4-12)16(21)19-14-8-11(2)15(20)18-9-14/h3-6,8-10H,7H2,1-2H3,(H,18,20)(H,19,21). The molecule has 0 aliphatic carbocycles. The van der Waals surface area contributed by atoms with Gasteiger partial charge in [-0.05, 0) is 37.1 Å². The maximum atomic E-state index is 12.2. The molecular weight excluding hydrogens is 332 g/mol. The third-order valence-electron chi connectivity index (χ3n) is 3.26. The molecule has 0 aliphatic rings. The van der Waals surface area contributed by atoms with Gasteiger partial charge in [0.25, 0.3) is 5.56 Å². The number of pyridine rings is 1. The molecule has 1 unspecified atom stereocenters. The lowest BCUT2D eigenvalue weighted by Gasteiger charge is -2.12. The van der Waals surface area contributed by atoms with Gasteiger partial charge in [0.2, 0.25) is 5.91 Å². The third kappa shape index (κ3) is 4.29. The molecule has 110 valence electrons. The Kier molecular flexibility index (Phi) is 4.96. The van der Waals surface area contributed by atoms with Crippen LogP contribution in [-0.4, -0.2) is 10.9 Å². The van der Waals surface area contributed by atoms with Gasteiger partial charge < -0.3 is 10.3 Å². The lowest BCUT2D eigenvalue weighted by molar-refractivity contribution is -0.119. The molecule has 1 aromatic heterocycles. The Bertz CT molecular complexity index is 692. The van der Waals surface area contributed by atoms with Gasteiger partial charge in [0.05, 0.1) is 5.69 Å². The predicted octanol–water partition coefficient (Wildman–Crippen LogP) is 3.26. The minimum absolute atomic E-state index is 0.0654. The second-order valence-electron chi connectivity index (χ2n) is 5.12. The summed E-state index contributed by atoms with van der Waals surface area (Å²) in [6.45, 7) is 3.59. The van der Waals surface area contributed by atoms with Crippen LogP contribution in [0.2, 0.25) is 0 Å². The van der Waals surface area contributed by atoms with Crippen LogP contribution in [0.1, 0.15) is 18.1 Å². The number of aryl methyl sites for hydroxylation is 1. The lowest BCUT2D eigenvalue weighted by Crippen LogP contribution is -2.23. The molecule has 0 saturated heterocycles. The SMILES string of the molecule is Cc1cc(NC(=O)C(C)Cc2ccc(Br)cc2)c[nH]c1=O. The van der Waals surface area contributed by atoms with Crippen LogP contribution in [0.3, 0.4) is 0 Å². The number of carbonyl (C=O) groups excluding carboxylic acids is 1. The van der Waals surface area contributed by atoms with Gasteiger partial charge in [-0.15, -0.1) is 0 Å². The highest BCUT2D eigenvalue weighted by molar-refractivity contribution is 9.10. The summed E-state index contributed by atoms with van der Waals surface area (Å²) >= 11 is 3.39. The van der Waals surface area contributed by atoms with Crippen molar-refractivity contribution in [3.8, 4) is 0 Å². The number of hydrogen-bond acceptors (Lipinski definition) is 2. The van der Waals surface area contributed by atoms with E-state index in [9.17, 15) is 9.59 Å². The lowest BCUT2D eigenvalue weighted by atomic mass is 10.0. The molecule has 2 aromatic rings. The normalized spacial score (nSPS) is 12.0. The number of anilines is 1. The van der Waals surface area contributed by atoms with Gasteiger partial charge >= 0.3 is 0 Å². The molecule has 0 fully saturated rings. The summed E-state index contributed by atoms with van der Waals surface area (Å²) in [7, 11) is 0. The van der Waals surface area contributed by atoms with Crippen molar-refractivity contribution in [2.75, 3.05) is 5.32 Å². The van der Waals surface area contributed by atoms with E-state index in [0.717, 1.165) is 10.0 Å². The number of aromatic nitrogens is 1. The van der Waals surface area contributed by atoms with Gasteiger partial charge in [-0.2, -0.15) is 0 Å². The summed E-state index contributed by atoms with van der Waals surface area (Å²) in [5.41, 5.74) is 2.16. The van der Waals surface area contributed by atoms with Crippen LogP contribution >= 0.6 is 15.9 Å². The minimum atomic E-state index is -0.154. The maximum Gasteiger partial charge on any atom is 0.250 e. The summed E-state index contributed by atoms with van der Waals surface area (Å²) in [4.78, 5) is 26.0. The van der Waals surface area contributed by atoms with Gasteiger partial charge in [-0.3, -0.25) is 9.59 Å². The first-order valence-electron chi connectivity index (χ1n) is 6.70. The van der Waals surface area contributed by atoms with Gasteiger partial charge in [-0.1, -0.05) is 35.0 Å². The Morgan fingerprint density at radius 3 is 2.62 bits per heavy atom. The van der Waals surface area contributed by atoms with Crippen LogP contribution in [0.4, 0.5) is 5.69 Å². The van der Waals surface area contributed by atoms with E-state index < -0.39 is 0 Å². The summed E-state index contributed by atoms with van der Waals surface area (Å²) in [6.07, 6.45) is 2.18. The molecule has 1 amide bonds. The smallest absolute Gasteiger partial charge is 0.250 e. The van der Waals surface area contributed by atoms with E-state index in [2.05, 4.69) is 26.2 Å². The topological polar surface area (TPSA) is 62.0 Å². The van der Waals surface area contributed by atoms with Gasteiger partial charge in [0, 0.05) is 22.2 Å². The van der Waals surface area contributed by atoms with Crippen LogP contribution < -0.4 is 10.9 Å². The van der Waals surface area contributed by atoms with Crippen LogP contribution in [0.5, 0.6) is 0 Å². The van der Waals surface area contributed by atoms with Crippen molar-refractivity contribution in [1.29, 1.82) is 0 Å². The fourth-order valence-electron chi connectivity index (χ4n) is 2.00. The fraction of sp³-hybridized carbons (Fsp3) is 0.250. The Morgan fingerprint density at radius 1 is 1.33 bits per heavy atom. The van der Waals surface area contributed by atoms with Gasteiger partial charge in [0.15, 0.2) is 0 Å². The molecule has 1 heterocycles. The van der Waals surface area contributed by atoms with Crippen LogP contribution in [0, 0.1) is 12.8 Å². The predicted molar refractivity (Wildman–Crippen MR) is 87.4 cm³/mol. The molecule has 1 aromatic carbocycles. The maximum absolute atomic E-state index is 12.2. The molecule has 0 radical (unpaired) electrons. The average Bonchev–Trinajstić information content (AvgIpc) is 2.45. The number of benzene rings is 1. The van der Waals surface area contributed by atoms with E-state index in [1.807, 2.05) is 31.2 Å². The number of halogens is 1. The molecule has 2 N–H and O–H groups in total. The Hall–Kier alpha value is -1.88. The van der Waals surface area contributed by atoms with Crippen molar-refractivity contribution in [2.45, 2.75) is 20.3 Å². The Morgan fingerprint density at radius 2 is 2.00 bits per heavy atom. The van der Waals surface area contributed by atoms with E-state index in [1.54, 1.807) is 13.0 Å². The van der Waals surface area contributed by atoms with Crippen molar-refractivity contribution in [1.82, 2.24) is 4.98 Å². The van der Waals surface area contributed by atoms with Crippen LogP contribution in [0.15, 0.2) is 45.8 Å². The number of nitrogens with one attached hydrogen (secondary N) is 2. The zero-order valence-corrected chi connectivity index (χ0v) is 13.5. The molecule has 0 bridgehead atoms. The molecule has 0 saturated carbocycles. The van der Waals surface area contributed by atoms with Crippen molar-refractivity contribution in [3.05, 3.63) is 62.5 Å². The largest absolute Gasteiger partial charge is 0.327 e. The van der Waals surface area contributed by atoms with E-state index in [4.69, 9.17) is 0 Å². The molecule has 0 spiro atoms. The summed E-state index contributed by atoms with van der Waals surface area (Å²) < 4.78 is 1.02. The first-order valence-corrected chi connectivity index (χ1v) is 7.49. The molecule has 4 nitrogen and oxygen atoms in total. The highest BCUT2D eigenvalue weighted by Crippen LogP contribution is 2.15. The molecular formula is C16H17BrN2O2. The average molecular weight is 349 g/mol.